The van der Waals surface area contributed by atoms with Gasteiger partial charge in [-0.15, -0.1) is 0 Å². The number of rotatable bonds is 7. The van der Waals surface area contributed by atoms with Gasteiger partial charge in [0.2, 0.25) is 5.91 Å². The van der Waals surface area contributed by atoms with Gasteiger partial charge in [-0.2, -0.15) is 11.8 Å². The van der Waals surface area contributed by atoms with Crippen molar-refractivity contribution in [2.45, 2.75) is 12.2 Å². The highest BCUT2D eigenvalue weighted by atomic mass is 35.5. The topological polar surface area (TPSA) is 29.1 Å². The van der Waals surface area contributed by atoms with Gasteiger partial charge in [-0.25, -0.2) is 0 Å². The highest BCUT2D eigenvalue weighted by Gasteiger charge is 2.10. The molecule has 0 fully saturated rings. The van der Waals surface area contributed by atoms with E-state index in [0.29, 0.717) is 22.2 Å². The molecule has 0 aliphatic rings. The second-order valence-corrected chi connectivity index (χ2v) is 7.27. The number of benzene rings is 2. The van der Waals surface area contributed by atoms with Crippen LogP contribution < -0.4 is 5.32 Å². The predicted molar refractivity (Wildman–Crippen MR) is 101 cm³/mol. The maximum atomic E-state index is 11.9. The molecule has 2 aromatic carbocycles. The van der Waals surface area contributed by atoms with Crippen LogP contribution in [0.25, 0.3) is 0 Å². The standard InChI is InChI=1S/C17H16Cl3NOS/c18-13-4-1-3-12(9-13)11-23-8-7-21-17(22)10-14-15(19)5-2-6-16(14)20/h1-6,9H,7-8,10-11H2,(H,21,22). The Morgan fingerprint density at radius 3 is 2.43 bits per heavy atom. The summed E-state index contributed by atoms with van der Waals surface area (Å²) in [7, 11) is 0. The molecule has 23 heavy (non-hydrogen) atoms. The molecule has 0 aliphatic heterocycles. The third-order valence-corrected chi connectivity index (χ3v) is 5.10. The highest BCUT2D eigenvalue weighted by molar-refractivity contribution is 7.98. The van der Waals surface area contributed by atoms with Crippen LogP contribution in [-0.2, 0) is 17.0 Å². The van der Waals surface area contributed by atoms with E-state index in [4.69, 9.17) is 34.8 Å². The summed E-state index contributed by atoms with van der Waals surface area (Å²) in [6.45, 7) is 0.603. The van der Waals surface area contributed by atoms with Crippen LogP contribution in [0.4, 0.5) is 0 Å². The van der Waals surface area contributed by atoms with E-state index >= 15 is 0 Å². The second kappa shape index (κ2) is 9.43. The first kappa shape index (κ1) is 18.5. The molecule has 2 aromatic rings. The monoisotopic (exact) mass is 387 g/mol. The normalized spacial score (nSPS) is 10.6. The van der Waals surface area contributed by atoms with Crippen LogP contribution in [-0.4, -0.2) is 18.2 Å². The van der Waals surface area contributed by atoms with Crippen LogP contribution in [0, 0.1) is 0 Å². The van der Waals surface area contributed by atoms with Crippen molar-refractivity contribution in [3.63, 3.8) is 0 Å². The average Bonchev–Trinajstić information content (AvgIpc) is 2.51. The largest absolute Gasteiger partial charge is 0.355 e. The first-order chi connectivity index (χ1) is 11.1. The van der Waals surface area contributed by atoms with Crippen molar-refractivity contribution < 1.29 is 4.79 Å². The third kappa shape index (κ3) is 6.27. The zero-order valence-corrected chi connectivity index (χ0v) is 15.4. The molecule has 1 amide bonds. The van der Waals surface area contributed by atoms with Crippen molar-refractivity contribution in [3.05, 3.63) is 68.7 Å². The number of halogens is 3. The van der Waals surface area contributed by atoms with Gasteiger partial charge in [0.05, 0.1) is 6.42 Å². The fourth-order valence-corrected chi connectivity index (χ4v) is 3.55. The molecule has 122 valence electrons. The lowest BCUT2D eigenvalue weighted by atomic mass is 10.1. The van der Waals surface area contributed by atoms with Gasteiger partial charge in [0, 0.05) is 33.1 Å². The van der Waals surface area contributed by atoms with Gasteiger partial charge >= 0.3 is 0 Å². The Hall–Kier alpha value is -0.870. The summed E-state index contributed by atoms with van der Waals surface area (Å²) in [5, 5.41) is 4.66. The fourth-order valence-electron chi connectivity index (χ4n) is 2.00. The number of nitrogens with one attached hydrogen (secondary N) is 1. The van der Waals surface area contributed by atoms with Gasteiger partial charge in [0.1, 0.15) is 0 Å². The summed E-state index contributed by atoms with van der Waals surface area (Å²) >= 11 is 19.8. The SMILES string of the molecule is O=C(Cc1c(Cl)cccc1Cl)NCCSCc1cccc(Cl)c1. The predicted octanol–water partition coefficient (Wildman–Crippen LogP) is 5.24. The molecular weight excluding hydrogens is 373 g/mol. The van der Waals surface area contributed by atoms with Crippen molar-refractivity contribution in [3.8, 4) is 0 Å². The Bertz CT molecular complexity index is 658. The van der Waals surface area contributed by atoms with Crippen LogP contribution in [0.2, 0.25) is 15.1 Å². The lowest BCUT2D eigenvalue weighted by molar-refractivity contribution is -0.120. The molecule has 0 saturated heterocycles. The summed E-state index contributed by atoms with van der Waals surface area (Å²) < 4.78 is 0. The van der Waals surface area contributed by atoms with Crippen LogP contribution in [0.1, 0.15) is 11.1 Å². The molecule has 0 saturated carbocycles. The molecule has 2 rings (SSSR count). The quantitative estimate of drug-likeness (QED) is 0.657. The lowest BCUT2D eigenvalue weighted by Gasteiger charge is -2.08. The van der Waals surface area contributed by atoms with Gasteiger partial charge in [-0.3, -0.25) is 4.79 Å². The molecule has 0 bridgehead atoms. The van der Waals surface area contributed by atoms with E-state index in [1.807, 2.05) is 24.3 Å². The van der Waals surface area contributed by atoms with Crippen LogP contribution >= 0.6 is 46.6 Å². The number of carbonyl (C=O) groups is 1. The highest BCUT2D eigenvalue weighted by Crippen LogP contribution is 2.24. The molecule has 2 nitrogen and oxygen atoms in total. The molecule has 0 unspecified atom stereocenters. The second-order valence-electron chi connectivity index (χ2n) is 4.91. The van der Waals surface area contributed by atoms with Crippen molar-refractivity contribution in [1.82, 2.24) is 5.32 Å². The first-order valence-corrected chi connectivity index (χ1v) is 9.37. The van der Waals surface area contributed by atoms with Crippen LogP contribution in [0.15, 0.2) is 42.5 Å². The number of amides is 1. The van der Waals surface area contributed by atoms with E-state index in [1.54, 1.807) is 30.0 Å². The van der Waals surface area contributed by atoms with Crippen molar-refractivity contribution in [2.24, 2.45) is 0 Å². The molecule has 0 atom stereocenters. The zero-order chi connectivity index (χ0) is 16.7. The van der Waals surface area contributed by atoms with E-state index < -0.39 is 0 Å². The van der Waals surface area contributed by atoms with E-state index in [9.17, 15) is 4.79 Å². The Kier molecular flexibility index (Phi) is 7.57. The molecule has 0 spiro atoms. The molecule has 1 N–H and O–H groups in total. The maximum absolute atomic E-state index is 11.9. The van der Waals surface area contributed by atoms with Crippen molar-refractivity contribution in [1.29, 1.82) is 0 Å². The van der Waals surface area contributed by atoms with Gasteiger partial charge < -0.3 is 5.32 Å². The minimum absolute atomic E-state index is 0.0802. The van der Waals surface area contributed by atoms with Crippen molar-refractivity contribution >= 4 is 52.5 Å². The Labute approximate surface area is 155 Å². The molecule has 0 radical (unpaired) electrons. The number of hydrogen-bond acceptors (Lipinski definition) is 2. The molecule has 6 heteroatoms. The number of thioether (sulfide) groups is 1. The Morgan fingerprint density at radius 1 is 1.04 bits per heavy atom. The summed E-state index contributed by atoms with van der Waals surface area (Å²) in [4.78, 5) is 11.9. The van der Waals surface area contributed by atoms with Crippen LogP contribution in [0.5, 0.6) is 0 Å². The number of carbonyl (C=O) groups excluding carboxylic acids is 1. The van der Waals surface area contributed by atoms with Gasteiger partial charge in [0.15, 0.2) is 0 Å². The molecule has 0 heterocycles. The smallest absolute Gasteiger partial charge is 0.224 e. The summed E-state index contributed by atoms with van der Waals surface area (Å²) in [5.74, 6) is 1.62. The summed E-state index contributed by atoms with van der Waals surface area (Å²) in [6, 6.07) is 13.0. The summed E-state index contributed by atoms with van der Waals surface area (Å²) in [6.07, 6.45) is 0.192. The van der Waals surface area contributed by atoms with Gasteiger partial charge in [-0.1, -0.05) is 53.0 Å². The first-order valence-electron chi connectivity index (χ1n) is 7.08. The fraction of sp³-hybridized carbons (Fsp3) is 0.235. The molecule has 0 aromatic heterocycles. The van der Waals surface area contributed by atoms with Gasteiger partial charge in [-0.05, 0) is 35.4 Å². The maximum Gasteiger partial charge on any atom is 0.224 e. The lowest BCUT2D eigenvalue weighted by Crippen LogP contribution is -2.27. The van der Waals surface area contributed by atoms with E-state index in [2.05, 4.69) is 5.32 Å². The van der Waals surface area contributed by atoms with E-state index in [1.165, 1.54) is 5.56 Å². The molecular formula is C17H16Cl3NOS. The minimum atomic E-state index is -0.0802. The molecule has 0 aliphatic carbocycles. The summed E-state index contributed by atoms with van der Waals surface area (Å²) in [5.41, 5.74) is 1.84. The van der Waals surface area contributed by atoms with E-state index in [0.717, 1.165) is 16.5 Å². The van der Waals surface area contributed by atoms with E-state index in [-0.39, 0.29) is 12.3 Å². The zero-order valence-electron chi connectivity index (χ0n) is 12.3. The number of hydrogen-bond donors (Lipinski definition) is 1. The Morgan fingerprint density at radius 2 is 1.74 bits per heavy atom. The minimum Gasteiger partial charge on any atom is -0.355 e. The van der Waals surface area contributed by atoms with Crippen LogP contribution in [0.3, 0.4) is 0 Å². The Balaban J connectivity index is 1.69. The average molecular weight is 389 g/mol. The van der Waals surface area contributed by atoms with Gasteiger partial charge in [0.25, 0.3) is 0 Å². The third-order valence-electron chi connectivity index (χ3n) is 3.13. The van der Waals surface area contributed by atoms with Crippen molar-refractivity contribution in [2.75, 3.05) is 12.3 Å².